The molecule has 0 spiro atoms. The van der Waals surface area contributed by atoms with E-state index in [0.29, 0.717) is 0 Å². The molecular weight excluding hydrogens is 338 g/mol. The fraction of sp³-hybridized carbons (Fsp3) is 0.364. The Balaban J connectivity index is 1.63. The number of aryl methyl sites for hydroxylation is 2. The molecule has 0 unspecified atom stereocenters. The average molecular weight is 359 g/mol. The molecule has 26 heavy (non-hydrogen) atoms. The van der Waals surface area contributed by atoms with Crippen LogP contribution in [-0.2, 0) is 12.8 Å². The number of anilines is 1. The Labute approximate surface area is 159 Å². The van der Waals surface area contributed by atoms with Crippen molar-refractivity contribution in [2.24, 2.45) is 0 Å². The maximum Gasteiger partial charge on any atom is 0.265 e. The van der Waals surface area contributed by atoms with Gasteiger partial charge in [-0.15, -0.1) is 0 Å². The summed E-state index contributed by atoms with van der Waals surface area (Å²) in [6.07, 6.45) is 11.2. The van der Waals surface area contributed by atoms with E-state index < -0.39 is 0 Å². The van der Waals surface area contributed by atoms with Crippen LogP contribution >= 0.6 is 11.8 Å². The van der Waals surface area contributed by atoms with Crippen LogP contribution in [0.1, 0.15) is 29.5 Å². The van der Waals surface area contributed by atoms with Crippen molar-refractivity contribution in [3.8, 4) is 6.07 Å². The van der Waals surface area contributed by atoms with E-state index in [4.69, 9.17) is 11.8 Å². The highest BCUT2D eigenvalue weighted by molar-refractivity contribution is 7.99. The van der Waals surface area contributed by atoms with E-state index in [2.05, 4.69) is 34.0 Å². The fourth-order valence-corrected chi connectivity index (χ4v) is 5.07. The summed E-state index contributed by atoms with van der Waals surface area (Å²) in [5.41, 5.74) is 8.04. The maximum absolute atomic E-state index is 9.09. The summed E-state index contributed by atoms with van der Waals surface area (Å²) < 4.78 is 0. The Bertz CT molecular complexity index is 861. The maximum atomic E-state index is 9.09. The molecule has 1 aromatic carbocycles. The highest BCUT2D eigenvalue weighted by Gasteiger charge is 2.23. The molecular formula is C22H21N3S. The molecule has 0 fully saturated rings. The number of nitrogens with zero attached hydrogens (tertiary/aromatic N) is 3. The number of hydrogen-bond acceptors (Lipinski definition) is 3. The molecule has 0 amide bonds. The normalized spacial score (nSPS) is 20.8. The third-order valence-electron chi connectivity index (χ3n) is 5.25. The van der Waals surface area contributed by atoms with Gasteiger partial charge in [-0.25, -0.2) is 10.1 Å². The molecule has 0 radical (unpaired) electrons. The van der Waals surface area contributed by atoms with Crippen molar-refractivity contribution in [1.82, 2.24) is 0 Å². The third kappa shape index (κ3) is 3.30. The van der Waals surface area contributed by atoms with Crippen LogP contribution in [0.25, 0.3) is 10.9 Å². The Kier molecular flexibility index (Phi) is 4.87. The van der Waals surface area contributed by atoms with Crippen molar-refractivity contribution >= 4 is 23.5 Å². The van der Waals surface area contributed by atoms with Gasteiger partial charge in [0.15, 0.2) is 0 Å². The van der Waals surface area contributed by atoms with Gasteiger partial charge in [0, 0.05) is 30.3 Å². The van der Waals surface area contributed by atoms with Gasteiger partial charge in [0.25, 0.3) is 5.70 Å². The summed E-state index contributed by atoms with van der Waals surface area (Å²) in [5.74, 6) is 1.68. The monoisotopic (exact) mass is 359 g/mol. The second-order valence-electron chi connectivity index (χ2n) is 7.02. The Hall–Kier alpha value is -2.43. The highest BCUT2D eigenvalue weighted by atomic mass is 32.2. The number of allylic oxidation sites excluding steroid dienone is 3. The lowest BCUT2D eigenvalue weighted by Crippen LogP contribution is -2.34. The molecule has 0 N–H and O–H groups in total. The quantitative estimate of drug-likeness (QED) is 0.563. The molecule has 3 heterocycles. The first-order valence-corrected chi connectivity index (χ1v) is 10.3. The Morgan fingerprint density at radius 2 is 1.88 bits per heavy atom. The van der Waals surface area contributed by atoms with Crippen molar-refractivity contribution in [1.29, 1.82) is 5.26 Å². The van der Waals surface area contributed by atoms with E-state index in [1.807, 2.05) is 12.1 Å². The summed E-state index contributed by atoms with van der Waals surface area (Å²) in [4.78, 5) is 5.91. The smallest absolute Gasteiger partial charge is 0.265 e. The van der Waals surface area contributed by atoms with E-state index in [9.17, 15) is 0 Å². The first kappa shape index (κ1) is 17.0. The lowest BCUT2D eigenvalue weighted by molar-refractivity contribution is 0.634. The molecule has 3 nitrogen and oxygen atoms in total. The second kappa shape index (κ2) is 7.44. The number of nitriles is 1. The van der Waals surface area contributed by atoms with Gasteiger partial charge in [0.2, 0.25) is 0 Å². The summed E-state index contributed by atoms with van der Waals surface area (Å²) in [6.45, 7) is 9.55. The third-order valence-corrected chi connectivity index (χ3v) is 6.30. The van der Waals surface area contributed by atoms with Crippen molar-refractivity contribution in [2.45, 2.75) is 25.7 Å². The van der Waals surface area contributed by atoms with Gasteiger partial charge in [-0.3, -0.25) is 0 Å². The van der Waals surface area contributed by atoms with Crippen LogP contribution in [0.5, 0.6) is 0 Å². The first-order valence-electron chi connectivity index (χ1n) is 9.16. The standard InChI is InChI=1S/C22H21N3S/c1-24-21(13-23)20-12-17(14-26-15-20)7-6-16-10-18-4-2-8-25-9-3-5-19(11-16)22(18)25/h6-7,10-12H,2-5,8-9,14-15H2. The van der Waals surface area contributed by atoms with Gasteiger partial charge in [-0.2, -0.15) is 11.8 Å². The van der Waals surface area contributed by atoms with Gasteiger partial charge in [-0.05, 0) is 65.7 Å². The molecule has 0 aliphatic carbocycles. The molecule has 0 saturated carbocycles. The predicted octanol–water partition coefficient (Wildman–Crippen LogP) is 4.77. The number of benzene rings is 1. The molecule has 1 aromatic rings. The van der Waals surface area contributed by atoms with Crippen LogP contribution < -0.4 is 4.90 Å². The fourth-order valence-electron chi connectivity index (χ4n) is 4.12. The number of rotatable bonds is 2. The van der Waals surface area contributed by atoms with Crippen molar-refractivity contribution in [2.75, 3.05) is 29.5 Å². The molecule has 3 aliphatic heterocycles. The Morgan fingerprint density at radius 1 is 1.15 bits per heavy atom. The lowest BCUT2D eigenvalue weighted by Gasteiger charge is -2.37. The molecule has 0 atom stereocenters. The highest BCUT2D eigenvalue weighted by Crippen LogP contribution is 2.36. The van der Waals surface area contributed by atoms with Crippen LogP contribution in [0.4, 0.5) is 5.69 Å². The minimum atomic E-state index is 0.224. The van der Waals surface area contributed by atoms with Gasteiger partial charge in [-0.1, -0.05) is 18.2 Å². The first-order chi connectivity index (χ1) is 12.8. The number of thioether (sulfide) groups is 1. The van der Waals surface area contributed by atoms with Crippen molar-refractivity contribution < 1.29 is 0 Å². The van der Waals surface area contributed by atoms with Crippen molar-refractivity contribution in [3.63, 3.8) is 0 Å². The van der Waals surface area contributed by atoms with Crippen LogP contribution in [-0.4, -0.2) is 24.6 Å². The summed E-state index contributed by atoms with van der Waals surface area (Å²) in [7, 11) is 0. The molecule has 4 heteroatoms. The van der Waals surface area contributed by atoms with Gasteiger partial charge in [0.05, 0.1) is 12.6 Å². The van der Waals surface area contributed by atoms with E-state index >= 15 is 0 Å². The molecule has 0 aromatic heterocycles. The van der Waals surface area contributed by atoms with Crippen LogP contribution in [0.2, 0.25) is 0 Å². The van der Waals surface area contributed by atoms with E-state index in [0.717, 1.165) is 17.1 Å². The van der Waals surface area contributed by atoms with Gasteiger partial charge in [0.1, 0.15) is 0 Å². The minimum Gasteiger partial charge on any atom is -0.371 e. The molecule has 130 valence electrons. The molecule has 3 aliphatic rings. The van der Waals surface area contributed by atoms with Crippen LogP contribution in [0, 0.1) is 17.9 Å². The van der Waals surface area contributed by atoms with Crippen LogP contribution in [0.15, 0.2) is 41.1 Å². The SMILES string of the molecule is [C-]#[N+]C(C#N)=C1C=C(C=Cc2cc3c4c(c2)CCCN4CCC3)CSC1. The lowest BCUT2D eigenvalue weighted by atomic mass is 9.90. The topological polar surface area (TPSA) is 31.4 Å². The molecule has 0 saturated heterocycles. The zero-order chi connectivity index (χ0) is 17.9. The summed E-state index contributed by atoms with van der Waals surface area (Å²) in [5, 5.41) is 9.09. The summed E-state index contributed by atoms with van der Waals surface area (Å²) >= 11 is 1.77. The average Bonchev–Trinajstić information content (AvgIpc) is 2.68. The molecule has 0 bridgehead atoms. The van der Waals surface area contributed by atoms with Crippen LogP contribution in [0.3, 0.4) is 0 Å². The van der Waals surface area contributed by atoms with E-state index in [1.54, 1.807) is 11.8 Å². The van der Waals surface area contributed by atoms with Gasteiger partial charge < -0.3 is 4.90 Å². The predicted molar refractivity (Wildman–Crippen MR) is 109 cm³/mol. The van der Waals surface area contributed by atoms with Gasteiger partial charge >= 0.3 is 0 Å². The minimum absolute atomic E-state index is 0.224. The summed E-state index contributed by atoms with van der Waals surface area (Å²) in [6, 6.07) is 6.71. The van der Waals surface area contributed by atoms with Crippen molar-refractivity contribution in [3.05, 3.63) is 69.2 Å². The van der Waals surface area contributed by atoms with E-state index in [1.165, 1.54) is 66.7 Å². The second-order valence-corrected chi connectivity index (χ2v) is 8.01. The zero-order valence-electron chi connectivity index (χ0n) is 14.8. The van der Waals surface area contributed by atoms with E-state index in [-0.39, 0.29) is 5.70 Å². The zero-order valence-corrected chi connectivity index (χ0v) is 15.6. The molecule has 4 rings (SSSR count). The largest absolute Gasteiger partial charge is 0.371 e. The Morgan fingerprint density at radius 3 is 2.54 bits per heavy atom. The number of hydrogen-bond donors (Lipinski definition) is 0.